The lowest BCUT2D eigenvalue weighted by Crippen LogP contribution is -2.23. The second-order valence-corrected chi connectivity index (χ2v) is 5.62. The first-order valence-corrected chi connectivity index (χ1v) is 8.08. The second kappa shape index (κ2) is 7.69. The molecule has 0 aliphatic rings. The van der Waals surface area contributed by atoms with E-state index in [2.05, 4.69) is 15.3 Å². The van der Waals surface area contributed by atoms with Crippen molar-refractivity contribution in [2.45, 2.75) is 13.5 Å². The molecule has 0 saturated carbocycles. The first-order valence-electron chi connectivity index (χ1n) is 8.08. The maximum absolute atomic E-state index is 12.5. The molecule has 3 rings (SSSR count). The van der Waals surface area contributed by atoms with Gasteiger partial charge in [0.05, 0.1) is 19.8 Å². The van der Waals surface area contributed by atoms with Gasteiger partial charge < -0.3 is 14.8 Å². The van der Waals surface area contributed by atoms with Crippen LogP contribution in [0.2, 0.25) is 0 Å². The molecule has 0 saturated heterocycles. The van der Waals surface area contributed by atoms with E-state index in [9.17, 15) is 4.79 Å². The lowest BCUT2D eigenvalue weighted by atomic mass is 10.1. The molecule has 7 nitrogen and oxygen atoms in total. The number of nitrogens with zero attached hydrogens (tertiary/aromatic N) is 3. The zero-order chi connectivity index (χ0) is 18.5. The molecule has 1 aromatic carbocycles. The summed E-state index contributed by atoms with van der Waals surface area (Å²) in [6.45, 7) is 2.28. The van der Waals surface area contributed by atoms with E-state index in [1.165, 1.54) is 7.11 Å². The Morgan fingerprint density at radius 2 is 1.96 bits per heavy atom. The average molecular weight is 352 g/mol. The Kier molecular flexibility index (Phi) is 5.17. The molecule has 0 aliphatic heterocycles. The molecule has 1 N–H and O–H groups in total. The summed E-state index contributed by atoms with van der Waals surface area (Å²) < 4.78 is 12.3. The number of methoxy groups -OCH3 is 2. The number of aromatic nitrogens is 3. The van der Waals surface area contributed by atoms with Crippen LogP contribution in [0.25, 0.3) is 5.82 Å². The van der Waals surface area contributed by atoms with Gasteiger partial charge in [-0.3, -0.25) is 9.36 Å². The van der Waals surface area contributed by atoms with Crippen molar-refractivity contribution in [2.75, 3.05) is 14.2 Å². The van der Waals surface area contributed by atoms with Gasteiger partial charge in [0.1, 0.15) is 23.1 Å². The van der Waals surface area contributed by atoms with E-state index in [1.54, 1.807) is 37.7 Å². The quantitative estimate of drug-likeness (QED) is 0.737. The molecule has 0 radical (unpaired) electrons. The molecule has 0 spiro atoms. The highest BCUT2D eigenvalue weighted by Crippen LogP contribution is 2.24. The van der Waals surface area contributed by atoms with Crippen LogP contribution in [0.5, 0.6) is 11.5 Å². The van der Waals surface area contributed by atoms with Crippen LogP contribution >= 0.6 is 0 Å². The molecule has 0 fully saturated rings. The van der Waals surface area contributed by atoms with Crippen molar-refractivity contribution >= 4 is 5.91 Å². The van der Waals surface area contributed by atoms with E-state index < -0.39 is 0 Å². The van der Waals surface area contributed by atoms with Crippen molar-refractivity contribution in [3.8, 4) is 17.3 Å². The number of carbonyl (C=O) groups is 1. The normalized spacial score (nSPS) is 10.4. The Morgan fingerprint density at radius 1 is 1.12 bits per heavy atom. The highest BCUT2D eigenvalue weighted by Gasteiger charge is 2.13. The predicted molar refractivity (Wildman–Crippen MR) is 96.8 cm³/mol. The Morgan fingerprint density at radius 3 is 2.65 bits per heavy atom. The molecule has 0 atom stereocenters. The summed E-state index contributed by atoms with van der Waals surface area (Å²) in [6, 6.07) is 8.87. The van der Waals surface area contributed by atoms with Crippen molar-refractivity contribution < 1.29 is 14.3 Å². The third-order valence-corrected chi connectivity index (χ3v) is 3.99. The lowest BCUT2D eigenvalue weighted by Gasteiger charge is -2.11. The van der Waals surface area contributed by atoms with Gasteiger partial charge in [-0.2, -0.15) is 0 Å². The molecule has 2 aromatic heterocycles. The molecule has 7 heteroatoms. The maximum Gasteiger partial charge on any atom is 0.255 e. The van der Waals surface area contributed by atoms with E-state index >= 15 is 0 Å². The Hall–Kier alpha value is -3.35. The average Bonchev–Trinajstić information content (AvgIpc) is 3.11. The highest BCUT2D eigenvalue weighted by atomic mass is 16.5. The molecule has 0 unspecified atom stereocenters. The molecule has 2 heterocycles. The fourth-order valence-electron chi connectivity index (χ4n) is 2.59. The van der Waals surface area contributed by atoms with Crippen molar-refractivity contribution in [1.29, 1.82) is 0 Å². The Labute approximate surface area is 151 Å². The number of amides is 1. The second-order valence-electron chi connectivity index (χ2n) is 5.62. The maximum atomic E-state index is 12.5. The zero-order valence-electron chi connectivity index (χ0n) is 14.9. The standard InChI is InChI=1S/C19H20N4O3/c1-13-20-8-9-23(13)18-10-14(6-7-21-18)12-22-19(24)16-5-4-15(25-2)11-17(16)26-3/h4-11H,12H2,1-3H3,(H,22,24). The fraction of sp³-hybridized carbons (Fsp3) is 0.211. The number of ether oxygens (including phenoxy) is 2. The van der Waals surface area contributed by atoms with Crippen LogP contribution in [-0.4, -0.2) is 34.7 Å². The first kappa shape index (κ1) is 17.5. The van der Waals surface area contributed by atoms with E-state index in [-0.39, 0.29) is 5.91 Å². The minimum Gasteiger partial charge on any atom is -0.497 e. The number of nitrogens with one attached hydrogen (secondary N) is 1. The third-order valence-electron chi connectivity index (χ3n) is 3.99. The third kappa shape index (κ3) is 3.66. The summed E-state index contributed by atoms with van der Waals surface area (Å²) in [5, 5.41) is 2.90. The van der Waals surface area contributed by atoms with Crippen LogP contribution in [0.4, 0.5) is 0 Å². The van der Waals surface area contributed by atoms with Gasteiger partial charge in [-0.05, 0) is 36.8 Å². The van der Waals surface area contributed by atoms with Gasteiger partial charge >= 0.3 is 0 Å². The van der Waals surface area contributed by atoms with Gasteiger partial charge in [0.15, 0.2) is 0 Å². The van der Waals surface area contributed by atoms with E-state index in [1.807, 2.05) is 29.8 Å². The molecular weight excluding hydrogens is 332 g/mol. The minimum atomic E-state index is -0.221. The van der Waals surface area contributed by atoms with Crippen molar-refractivity contribution in [1.82, 2.24) is 19.9 Å². The molecule has 26 heavy (non-hydrogen) atoms. The van der Waals surface area contributed by atoms with Crippen LogP contribution in [0.3, 0.4) is 0 Å². The number of pyridine rings is 1. The fourth-order valence-corrected chi connectivity index (χ4v) is 2.59. The van der Waals surface area contributed by atoms with Crippen LogP contribution in [0.1, 0.15) is 21.7 Å². The van der Waals surface area contributed by atoms with Gasteiger partial charge in [0, 0.05) is 31.2 Å². The van der Waals surface area contributed by atoms with Crippen LogP contribution < -0.4 is 14.8 Å². The monoisotopic (exact) mass is 352 g/mol. The topological polar surface area (TPSA) is 78.3 Å². The SMILES string of the molecule is COc1ccc(C(=O)NCc2ccnc(-n3ccnc3C)c2)c(OC)c1. The predicted octanol–water partition coefficient (Wildman–Crippen LogP) is 2.52. The summed E-state index contributed by atoms with van der Waals surface area (Å²) in [5.41, 5.74) is 1.39. The summed E-state index contributed by atoms with van der Waals surface area (Å²) in [5.74, 6) is 2.48. The summed E-state index contributed by atoms with van der Waals surface area (Å²) in [6.07, 6.45) is 5.29. The summed E-state index contributed by atoms with van der Waals surface area (Å²) in [4.78, 5) is 21.1. The number of imidazole rings is 1. The number of benzene rings is 1. The number of hydrogen-bond donors (Lipinski definition) is 1. The largest absolute Gasteiger partial charge is 0.497 e. The lowest BCUT2D eigenvalue weighted by molar-refractivity contribution is 0.0948. The van der Waals surface area contributed by atoms with Crippen molar-refractivity contribution in [3.63, 3.8) is 0 Å². The van der Waals surface area contributed by atoms with Crippen LogP contribution in [0, 0.1) is 6.92 Å². The molecular formula is C19H20N4O3. The minimum absolute atomic E-state index is 0.221. The molecule has 1 amide bonds. The molecule has 134 valence electrons. The number of rotatable bonds is 6. The first-order chi connectivity index (χ1) is 12.6. The van der Waals surface area contributed by atoms with Crippen LogP contribution in [0.15, 0.2) is 48.9 Å². The van der Waals surface area contributed by atoms with Crippen LogP contribution in [-0.2, 0) is 6.54 Å². The van der Waals surface area contributed by atoms with Gasteiger partial charge in [-0.25, -0.2) is 9.97 Å². The summed E-state index contributed by atoms with van der Waals surface area (Å²) >= 11 is 0. The van der Waals surface area contributed by atoms with Crippen molar-refractivity contribution in [2.24, 2.45) is 0 Å². The molecule has 0 bridgehead atoms. The number of carbonyl (C=O) groups excluding carboxylic acids is 1. The van der Waals surface area contributed by atoms with E-state index in [0.29, 0.717) is 23.6 Å². The van der Waals surface area contributed by atoms with Crippen molar-refractivity contribution in [3.05, 3.63) is 65.9 Å². The Balaban J connectivity index is 1.73. The van der Waals surface area contributed by atoms with Gasteiger partial charge in [0.25, 0.3) is 5.91 Å². The van der Waals surface area contributed by atoms with Gasteiger partial charge in [-0.1, -0.05) is 0 Å². The number of hydrogen-bond acceptors (Lipinski definition) is 5. The Bertz CT molecular complexity index is 921. The van der Waals surface area contributed by atoms with Gasteiger partial charge in [-0.15, -0.1) is 0 Å². The highest BCUT2D eigenvalue weighted by molar-refractivity contribution is 5.97. The zero-order valence-corrected chi connectivity index (χ0v) is 14.9. The van der Waals surface area contributed by atoms with E-state index in [0.717, 1.165) is 17.2 Å². The summed E-state index contributed by atoms with van der Waals surface area (Å²) in [7, 11) is 3.09. The van der Waals surface area contributed by atoms with E-state index in [4.69, 9.17) is 9.47 Å². The molecule has 3 aromatic rings. The number of aryl methyl sites for hydroxylation is 1. The van der Waals surface area contributed by atoms with Gasteiger partial charge in [0.2, 0.25) is 0 Å². The smallest absolute Gasteiger partial charge is 0.255 e. The molecule has 0 aliphatic carbocycles.